The van der Waals surface area contributed by atoms with Crippen molar-refractivity contribution in [2.45, 2.75) is 33.3 Å². The Kier molecular flexibility index (Phi) is 5.45. The molecule has 2 aromatic carbocycles. The molecule has 0 fully saturated rings. The van der Waals surface area contributed by atoms with E-state index in [1.807, 2.05) is 37.3 Å². The van der Waals surface area contributed by atoms with Gasteiger partial charge in [0, 0.05) is 10.7 Å². The summed E-state index contributed by atoms with van der Waals surface area (Å²) in [6.45, 7) is 5.72. The van der Waals surface area contributed by atoms with Crippen LogP contribution in [0.5, 0.6) is 5.75 Å². The monoisotopic (exact) mass is 317 g/mol. The molecule has 0 aliphatic heterocycles. The molecule has 2 aromatic rings. The van der Waals surface area contributed by atoms with Gasteiger partial charge in [-0.25, -0.2) is 0 Å². The number of hydrogen-bond acceptors (Lipinski definition) is 2. The molecule has 0 saturated heterocycles. The normalized spacial score (nSPS) is 11.8. The second-order valence-corrected chi connectivity index (χ2v) is 5.65. The number of hydrogen-bond donors (Lipinski definition) is 1. The Morgan fingerprint density at radius 3 is 2.50 bits per heavy atom. The summed E-state index contributed by atoms with van der Waals surface area (Å²) in [7, 11) is 0. The molecule has 1 amide bonds. The van der Waals surface area contributed by atoms with Crippen LogP contribution in [0.1, 0.15) is 25.0 Å². The summed E-state index contributed by atoms with van der Waals surface area (Å²) in [5.41, 5.74) is 2.91. The highest BCUT2D eigenvalue weighted by atomic mass is 35.5. The van der Waals surface area contributed by atoms with Gasteiger partial charge in [0.1, 0.15) is 5.75 Å². The number of aryl methyl sites for hydroxylation is 2. The molecule has 0 aliphatic carbocycles. The zero-order chi connectivity index (χ0) is 16.1. The molecule has 1 unspecified atom stereocenters. The van der Waals surface area contributed by atoms with Crippen molar-refractivity contribution >= 4 is 23.2 Å². The van der Waals surface area contributed by atoms with Crippen molar-refractivity contribution < 1.29 is 9.53 Å². The van der Waals surface area contributed by atoms with Crippen LogP contribution in [0.2, 0.25) is 5.02 Å². The molecule has 0 bridgehead atoms. The molecule has 4 heteroatoms. The Bertz CT molecular complexity index is 653. The minimum atomic E-state index is -0.592. The summed E-state index contributed by atoms with van der Waals surface area (Å²) in [5, 5.41) is 3.50. The van der Waals surface area contributed by atoms with Crippen molar-refractivity contribution in [2.24, 2.45) is 0 Å². The lowest BCUT2D eigenvalue weighted by molar-refractivity contribution is -0.122. The average Bonchev–Trinajstić information content (AvgIpc) is 2.50. The van der Waals surface area contributed by atoms with E-state index in [4.69, 9.17) is 16.3 Å². The standard InChI is InChI=1S/C18H20ClNO2/c1-4-14-5-8-16(9-6-14)20-18(21)13(3)22-17-10-7-15(19)11-12(17)2/h5-11,13H,4H2,1-3H3,(H,20,21). The van der Waals surface area contributed by atoms with Crippen LogP contribution in [-0.4, -0.2) is 12.0 Å². The summed E-state index contributed by atoms with van der Waals surface area (Å²) in [6, 6.07) is 13.1. The van der Waals surface area contributed by atoms with Crippen molar-refractivity contribution in [2.75, 3.05) is 5.32 Å². The maximum absolute atomic E-state index is 12.2. The molecule has 0 radical (unpaired) electrons. The number of carbonyl (C=O) groups excluding carboxylic acids is 1. The van der Waals surface area contributed by atoms with Gasteiger partial charge in [0.2, 0.25) is 0 Å². The second kappa shape index (κ2) is 7.32. The van der Waals surface area contributed by atoms with Crippen LogP contribution in [0, 0.1) is 6.92 Å². The predicted molar refractivity (Wildman–Crippen MR) is 90.7 cm³/mol. The number of amides is 1. The summed E-state index contributed by atoms with van der Waals surface area (Å²) >= 11 is 5.91. The first-order chi connectivity index (χ1) is 10.5. The second-order valence-electron chi connectivity index (χ2n) is 5.21. The number of benzene rings is 2. The average molecular weight is 318 g/mol. The van der Waals surface area contributed by atoms with Crippen molar-refractivity contribution in [3.63, 3.8) is 0 Å². The van der Waals surface area contributed by atoms with E-state index in [9.17, 15) is 4.79 Å². The molecule has 0 saturated carbocycles. The van der Waals surface area contributed by atoms with Gasteiger partial charge in [-0.3, -0.25) is 4.79 Å². The number of halogens is 1. The van der Waals surface area contributed by atoms with Gasteiger partial charge >= 0.3 is 0 Å². The number of rotatable bonds is 5. The molecular weight excluding hydrogens is 298 g/mol. The smallest absolute Gasteiger partial charge is 0.265 e. The van der Waals surface area contributed by atoms with Crippen LogP contribution in [0.25, 0.3) is 0 Å². The van der Waals surface area contributed by atoms with Crippen LogP contribution < -0.4 is 10.1 Å². The third kappa shape index (κ3) is 4.25. The third-order valence-corrected chi connectivity index (χ3v) is 3.67. The first-order valence-corrected chi connectivity index (χ1v) is 7.70. The van der Waals surface area contributed by atoms with Crippen LogP contribution in [0.3, 0.4) is 0 Å². The number of ether oxygens (including phenoxy) is 1. The van der Waals surface area contributed by atoms with Crippen molar-refractivity contribution in [1.82, 2.24) is 0 Å². The number of carbonyl (C=O) groups is 1. The minimum absolute atomic E-state index is 0.182. The molecular formula is C18H20ClNO2. The first-order valence-electron chi connectivity index (χ1n) is 7.32. The Balaban J connectivity index is 1.99. The minimum Gasteiger partial charge on any atom is -0.481 e. The quantitative estimate of drug-likeness (QED) is 0.874. The zero-order valence-electron chi connectivity index (χ0n) is 13.0. The molecule has 0 spiro atoms. The van der Waals surface area contributed by atoms with E-state index in [0.29, 0.717) is 10.8 Å². The number of anilines is 1. The lowest BCUT2D eigenvalue weighted by atomic mass is 10.1. The van der Waals surface area contributed by atoms with Gasteiger partial charge in [0.15, 0.2) is 6.10 Å². The number of nitrogens with one attached hydrogen (secondary N) is 1. The molecule has 0 aromatic heterocycles. The molecule has 1 atom stereocenters. The van der Waals surface area contributed by atoms with E-state index >= 15 is 0 Å². The molecule has 2 rings (SSSR count). The van der Waals surface area contributed by atoms with Crippen molar-refractivity contribution in [1.29, 1.82) is 0 Å². The van der Waals surface area contributed by atoms with E-state index in [0.717, 1.165) is 17.7 Å². The van der Waals surface area contributed by atoms with E-state index in [1.54, 1.807) is 19.1 Å². The summed E-state index contributed by atoms with van der Waals surface area (Å²) < 4.78 is 5.71. The largest absolute Gasteiger partial charge is 0.481 e. The fraction of sp³-hybridized carbons (Fsp3) is 0.278. The van der Waals surface area contributed by atoms with E-state index in [1.165, 1.54) is 5.56 Å². The summed E-state index contributed by atoms with van der Waals surface area (Å²) in [4.78, 5) is 12.2. The lowest BCUT2D eigenvalue weighted by Gasteiger charge is -2.16. The van der Waals surface area contributed by atoms with E-state index in [2.05, 4.69) is 12.2 Å². The van der Waals surface area contributed by atoms with Crippen LogP contribution in [0.15, 0.2) is 42.5 Å². The maximum Gasteiger partial charge on any atom is 0.265 e. The first kappa shape index (κ1) is 16.4. The van der Waals surface area contributed by atoms with E-state index in [-0.39, 0.29) is 5.91 Å². The van der Waals surface area contributed by atoms with Crippen molar-refractivity contribution in [3.05, 3.63) is 58.6 Å². The third-order valence-electron chi connectivity index (χ3n) is 3.44. The highest BCUT2D eigenvalue weighted by Gasteiger charge is 2.16. The topological polar surface area (TPSA) is 38.3 Å². The van der Waals surface area contributed by atoms with Crippen molar-refractivity contribution in [3.8, 4) is 5.75 Å². The van der Waals surface area contributed by atoms with Gasteiger partial charge in [-0.1, -0.05) is 30.7 Å². The Morgan fingerprint density at radius 1 is 1.23 bits per heavy atom. The van der Waals surface area contributed by atoms with Gasteiger partial charge < -0.3 is 10.1 Å². The highest BCUT2D eigenvalue weighted by molar-refractivity contribution is 6.30. The van der Waals surface area contributed by atoms with E-state index < -0.39 is 6.10 Å². The SMILES string of the molecule is CCc1ccc(NC(=O)C(C)Oc2ccc(Cl)cc2C)cc1. The van der Waals surface area contributed by atoms with Gasteiger partial charge in [-0.2, -0.15) is 0 Å². The Hall–Kier alpha value is -2.00. The van der Waals surface area contributed by atoms with Gasteiger partial charge in [0.25, 0.3) is 5.91 Å². The Labute approximate surface area is 136 Å². The summed E-state index contributed by atoms with van der Waals surface area (Å²) in [6.07, 6.45) is 0.384. The zero-order valence-corrected chi connectivity index (χ0v) is 13.8. The fourth-order valence-electron chi connectivity index (χ4n) is 2.06. The fourth-order valence-corrected chi connectivity index (χ4v) is 2.28. The molecule has 3 nitrogen and oxygen atoms in total. The molecule has 0 heterocycles. The molecule has 116 valence electrons. The highest BCUT2D eigenvalue weighted by Crippen LogP contribution is 2.23. The van der Waals surface area contributed by atoms with Gasteiger partial charge in [-0.05, 0) is 61.7 Å². The Morgan fingerprint density at radius 2 is 1.91 bits per heavy atom. The summed E-state index contributed by atoms with van der Waals surface area (Å²) in [5.74, 6) is 0.479. The van der Waals surface area contributed by atoms with Gasteiger partial charge in [0.05, 0.1) is 0 Å². The molecule has 0 aliphatic rings. The predicted octanol–water partition coefficient (Wildman–Crippen LogP) is 4.62. The molecule has 1 N–H and O–H groups in total. The van der Waals surface area contributed by atoms with Gasteiger partial charge in [-0.15, -0.1) is 0 Å². The van der Waals surface area contributed by atoms with Crippen LogP contribution in [-0.2, 0) is 11.2 Å². The maximum atomic E-state index is 12.2. The van der Waals surface area contributed by atoms with Crippen LogP contribution >= 0.6 is 11.6 Å². The van der Waals surface area contributed by atoms with Crippen LogP contribution in [0.4, 0.5) is 5.69 Å². The lowest BCUT2D eigenvalue weighted by Crippen LogP contribution is -2.30. The molecule has 22 heavy (non-hydrogen) atoms.